The maximum atomic E-state index is 12.6. The van der Waals surface area contributed by atoms with Crippen LogP contribution in [0.15, 0.2) is 18.2 Å². The Hall–Kier alpha value is -2.48. The molecule has 0 bridgehead atoms. The average molecular weight is 348 g/mol. The third-order valence-corrected chi connectivity index (χ3v) is 4.20. The van der Waals surface area contributed by atoms with Gasteiger partial charge < -0.3 is 24.6 Å². The Morgan fingerprint density at radius 3 is 2.84 bits per heavy atom. The summed E-state index contributed by atoms with van der Waals surface area (Å²) in [6, 6.07) is 5.26. The van der Waals surface area contributed by atoms with Gasteiger partial charge in [0.15, 0.2) is 11.5 Å². The van der Waals surface area contributed by atoms with E-state index in [9.17, 15) is 9.59 Å². The number of fused-ring (bicyclic) bond motifs is 1. The van der Waals surface area contributed by atoms with Gasteiger partial charge in [-0.2, -0.15) is 0 Å². The molecule has 2 aliphatic heterocycles. The summed E-state index contributed by atoms with van der Waals surface area (Å²) in [4.78, 5) is 29.9. The minimum Gasteiger partial charge on any atom is -0.454 e. The summed E-state index contributed by atoms with van der Waals surface area (Å²) in [5.41, 5.74) is 0.753. The maximum Gasteiger partial charge on any atom is 0.325 e. The molecule has 0 saturated carbocycles. The van der Waals surface area contributed by atoms with Crippen molar-refractivity contribution in [2.45, 2.75) is 6.42 Å². The lowest BCUT2D eigenvalue weighted by atomic mass is 10.2. The number of nitrogens with zero attached hydrogens (tertiary/aromatic N) is 3. The lowest BCUT2D eigenvalue weighted by Gasteiger charge is -2.19. The second-order valence-electron chi connectivity index (χ2n) is 6.40. The van der Waals surface area contributed by atoms with Crippen LogP contribution in [0.3, 0.4) is 0 Å². The molecule has 0 aromatic heterocycles. The van der Waals surface area contributed by atoms with Crippen molar-refractivity contribution in [2.24, 2.45) is 0 Å². The Bertz CT molecular complexity index is 650. The van der Waals surface area contributed by atoms with E-state index in [0.29, 0.717) is 31.1 Å². The molecule has 3 rings (SSSR count). The summed E-state index contributed by atoms with van der Waals surface area (Å²) < 4.78 is 10.6. The summed E-state index contributed by atoms with van der Waals surface area (Å²) in [6.45, 7) is 2.89. The van der Waals surface area contributed by atoms with Gasteiger partial charge >= 0.3 is 6.03 Å². The molecule has 1 N–H and O–H groups in total. The van der Waals surface area contributed by atoms with E-state index in [0.717, 1.165) is 18.7 Å². The third kappa shape index (κ3) is 4.14. The van der Waals surface area contributed by atoms with E-state index < -0.39 is 0 Å². The minimum atomic E-state index is -0.165. The van der Waals surface area contributed by atoms with Crippen molar-refractivity contribution < 1.29 is 19.1 Å². The van der Waals surface area contributed by atoms with Gasteiger partial charge in [-0.1, -0.05) is 0 Å². The SMILES string of the molecule is CN(C)CCCNC(=O)CN1CCN(c2ccc3c(c2)OCO3)C1=O. The molecular formula is C17H24N4O4. The monoisotopic (exact) mass is 348 g/mol. The quantitative estimate of drug-likeness (QED) is 0.735. The predicted molar refractivity (Wildman–Crippen MR) is 93.1 cm³/mol. The molecule has 8 heteroatoms. The first kappa shape index (κ1) is 17.3. The number of benzene rings is 1. The van der Waals surface area contributed by atoms with Crippen LogP contribution in [0.25, 0.3) is 0 Å². The number of carbonyl (C=O) groups is 2. The third-order valence-electron chi connectivity index (χ3n) is 4.20. The maximum absolute atomic E-state index is 12.6. The normalized spacial score (nSPS) is 16.0. The first-order valence-corrected chi connectivity index (χ1v) is 8.42. The molecule has 3 amide bonds. The molecule has 8 nitrogen and oxygen atoms in total. The number of hydrogen-bond donors (Lipinski definition) is 1. The molecule has 2 heterocycles. The first-order valence-electron chi connectivity index (χ1n) is 8.42. The van der Waals surface area contributed by atoms with E-state index in [1.54, 1.807) is 21.9 Å². The smallest absolute Gasteiger partial charge is 0.325 e. The van der Waals surface area contributed by atoms with Crippen LogP contribution in [-0.2, 0) is 4.79 Å². The molecule has 0 spiro atoms. The Morgan fingerprint density at radius 2 is 2.04 bits per heavy atom. The Morgan fingerprint density at radius 1 is 1.24 bits per heavy atom. The van der Waals surface area contributed by atoms with Crippen molar-refractivity contribution in [2.75, 3.05) is 58.5 Å². The Kier molecular flexibility index (Phi) is 5.28. The van der Waals surface area contributed by atoms with E-state index in [4.69, 9.17) is 9.47 Å². The van der Waals surface area contributed by atoms with Crippen LogP contribution in [0.2, 0.25) is 0 Å². The summed E-state index contributed by atoms with van der Waals surface area (Å²) in [7, 11) is 3.99. The van der Waals surface area contributed by atoms with Crippen LogP contribution >= 0.6 is 0 Å². The van der Waals surface area contributed by atoms with Crippen LogP contribution in [0.1, 0.15) is 6.42 Å². The second-order valence-corrected chi connectivity index (χ2v) is 6.40. The van der Waals surface area contributed by atoms with Crippen LogP contribution in [0, 0.1) is 0 Å². The van der Waals surface area contributed by atoms with E-state index in [1.165, 1.54) is 0 Å². The van der Waals surface area contributed by atoms with Crippen molar-refractivity contribution >= 4 is 17.6 Å². The number of rotatable bonds is 7. The Balaban J connectivity index is 1.51. The molecular weight excluding hydrogens is 324 g/mol. The second kappa shape index (κ2) is 7.60. The zero-order valence-corrected chi connectivity index (χ0v) is 14.7. The predicted octanol–water partition coefficient (Wildman–Crippen LogP) is 0.725. The molecule has 136 valence electrons. The average Bonchev–Trinajstić information content (AvgIpc) is 3.18. The van der Waals surface area contributed by atoms with Gasteiger partial charge in [0, 0.05) is 31.4 Å². The topological polar surface area (TPSA) is 74.4 Å². The molecule has 1 saturated heterocycles. The number of nitrogens with one attached hydrogen (secondary N) is 1. The van der Waals surface area contributed by atoms with Crippen molar-refractivity contribution in [1.29, 1.82) is 0 Å². The van der Waals surface area contributed by atoms with E-state index in [2.05, 4.69) is 10.2 Å². The number of hydrogen-bond acceptors (Lipinski definition) is 5. The van der Waals surface area contributed by atoms with Gasteiger partial charge in [0.1, 0.15) is 6.54 Å². The van der Waals surface area contributed by atoms with Gasteiger partial charge in [-0.3, -0.25) is 9.69 Å². The van der Waals surface area contributed by atoms with Gasteiger partial charge in [0.05, 0.1) is 0 Å². The molecule has 1 aromatic rings. The number of urea groups is 1. The lowest BCUT2D eigenvalue weighted by molar-refractivity contribution is -0.121. The van der Waals surface area contributed by atoms with Gasteiger partial charge in [-0.15, -0.1) is 0 Å². The van der Waals surface area contributed by atoms with E-state index in [-0.39, 0.29) is 25.3 Å². The van der Waals surface area contributed by atoms with E-state index in [1.807, 2.05) is 20.2 Å². The van der Waals surface area contributed by atoms with Crippen LogP contribution < -0.4 is 19.7 Å². The number of carbonyl (C=O) groups excluding carboxylic acids is 2. The highest BCUT2D eigenvalue weighted by molar-refractivity contribution is 5.96. The molecule has 1 fully saturated rings. The fourth-order valence-electron chi connectivity index (χ4n) is 2.87. The molecule has 1 aromatic carbocycles. The molecule has 0 atom stereocenters. The molecule has 0 aliphatic carbocycles. The van der Waals surface area contributed by atoms with Crippen LogP contribution in [0.5, 0.6) is 11.5 Å². The molecule has 25 heavy (non-hydrogen) atoms. The highest BCUT2D eigenvalue weighted by atomic mass is 16.7. The fraction of sp³-hybridized carbons (Fsp3) is 0.529. The lowest BCUT2D eigenvalue weighted by Crippen LogP contribution is -2.40. The van der Waals surface area contributed by atoms with Crippen LogP contribution in [-0.4, -0.2) is 75.4 Å². The minimum absolute atomic E-state index is 0.0852. The number of anilines is 1. The number of ether oxygens (including phenoxy) is 2. The first-order chi connectivity index (χ1) is 12.0. The summed E-state index contributed by atoms with van der Waals surface area (Å²) in [5, 5.41) is 2.86. The van der Waals surface area contributed by atoms with Crippen molar-refractivity contribution in [3.63, 3.8) is 0 Å². The summed E-state index contributed by atoms with van der Waals surface area (Å²) >= 11 is 0. The fourth-order valence-corrected chi connectivity index (χ4v) is 2.87. The van der Waals surface area contributed by atoms with Gasteiger partial charge in [0.2, 0.25) is 12.7 Å². The van der Waals surface area contributed by atoms with E-state index >= 15 is 0 Å². The Labute approximate surface area is 147 Å². The largest absolute Gasteiger partial charge is 0.454 e. The molecule has 0 radical (unpaired) electrons. The molecule has 2 aliphatic rings. The van der Waals surface area contributed by atoms with Crippen LogP contribution in [0.4, 0.5) is 10.5 Å². The highest BCUT2D eigenvalue weighted by Gasteiger charge is 2.31. The highest BCUT2D eigenvalue weighted by Crippen LogP contribution is 2.36. The van der Waals surface area contributed by atoms with Gasteiger partial charge in [-0.05, 0) is 39.2 Å². The standard InChI is InChI=1S/C17H24N4O4/c1-19(2)7-3-6-18-16(22)11-20-8-9-21(17(20)23)13-4-5-14-15(10-13)25-12-24-14/h4-5,10H,3,6-9,11-12H2,1-2H3,(H,18,22). The van der Waals surface area contributed by atoms with Crippen molar-refractivity contribution in [3.8, 4) is 11.5 Å². The molecule has 0 unspecified atom stereocenters. The van der Waals surface area contributed by atoms with Crippen molar-refractivity contribution in [1.82, 2.24) is 15.1 Å². The van der Waals surface area contributed by atoms with Crippen molar-refractivity contribution in [3.05, 3.63) is 18.2 Å². The van der Waals surface area contributed by atoms with Gasteiger partial charge in [-0.25, -0.2) is 4.79 Å². The summed E-state index contributed by atoms with van der Waals surface area (Å²) in [6.07, 6.45) is 0.885. The van der Waals surface area contributed by atoms with Gasteiger partial charge in [0.25, 0.3) is 0 Å². The summed E-state index contributed by atoms with van der Waals surface area (Å²) in [5.74, 6) is 1.20. The number of amides is 3. The zero-order chi connectivity index (χ0) is 17.8. The zero-order valence-electron chi connectivity index (χ0n) is 14.7.